The van der Waals surface area contributed by atoms with Gasteiger partial charge in [-0.1, -0.05) is 18.2 Å². The fourth-order valence-electron chi connectivity index (χ4n) is 2.99. The van der Waals surface area contributed by atoms with Crippen LogP contribution in [0.2, 0.25) is 0 Å². The number of hydrogen-bond acceptors (Lipinski definition) is 5. The van der Waals surface area contributed by atoms with E-state index in [0.29, 0.717) is 5.56 Å². The second-order valence-electron chi connectivity index (χ2n) is 6.06. The number of esters is 1. The summed E-state index contributed by atoms with van der Waals surface area (Å²) in [4.78, 5) is 34.9. The maximum Gasteiger partial charge on any atom is 0.339 e. The highest BCUT2D eigenvalue weighted by Gasteiger charge is 2.23. The van der Waals surface area contributed by atoms with Crippen LogP contribution in [0, 0.1) is 10.1 Å². The molecule has 128 valence electrons. The number of nitrogens with zero attached hydrogens (tertiary/aromatic N) is 1. The summed E-state index contributed by atoms with van der Waals surface area (Å²) >= 11 is 0. The normalized spacial score (nSPS) is 13.8. The molecule has 2 aromatic rings. The SMILES string of the molecule is C[C@H](OC(=O)c1cccc([N+](=O)[O-])c1)C(=O)c1ccc2c(c1)CCC2. The fraction of sp³-hybridized carbons (Fsp3) is 0.263. The van der Waals surface area contributed by atoms with Crippen LogP contribution in [0.15, 0.2) is 42.5 Å². The van der Waals surface area contributed by atoms with Gasteiger partial charge >= 0.3 is 5.97 Å². The Labute approximate surface area is 144 Å². The van der Waals surface area contributed by atoms with Crippen LogP contribution >= 0.6 is 0 Å². The maximum absolute atomic E-state index is 12.5. The first-order chi connectivity index (χ1) is 12.0. The monoisotopic (exact) mass is 339 g/mol. The van der Waals surface area contributed by atoms with E-state index >= 15 is 0 Å². The number of fused-ring (bicyclic) bond motifs is 1. The fourth-order valence-corrected chi connectivity index (χ4v) is 2.99. The summed E-state index contributed by atoms with van der Waals surface area (Å²) in [5.41, 5.74) is 2.79. The smallest absolute Gasteiger partial charge is 0.339 e. The van der Waals surface area contributed by atoms with Crippen LogP contribution in [-0.4, -0.2) is 22.8 Å². The molecule has 0 fully saturated rings. The predicted molar refractivity (Wildman–Crippen MR) is 90.8 cm³/mol. The summed E-state index contributed by atoms with van der Waals surface area (Å²) < 4.78 is 5.20. The maximum atomic E-state index is 12.5. The number of non-ortho nitro benzene ring substituents is 1. The molecule has 25 heavy (non-hydrogen) atoms. The molecule has 2 aromatic carbocycles. The Morgan fingerprint density at radius 3 is 2.60 bits per heavy atom. The average Bonchev–Trinajstić information content (AvgIpc) is 3.08. The number of nitro groups is 1. The number of nitro benzene ring substituents is 1. The minimum Gasteiger partial charge on any atom is -0.451 e. The lowest BCUT2D eigenvalue weighted by Crippen LogP contribution is -2.24. The van der Waals surface area contributed by atoms with E-state index in [1.165, 1.54) is 36.2 Å². The van der Waals surface area contributed by atoms with Gasteiger partial charge in [-0.15, -0.1) is 0 Å². The number of rotatable bonds is 5. The molecular formula is C19H17NO5. The Balaban J connectivity index is 1.72. The molecule has 0 amide bonds. The zero-order valence-electron chi connectivity index (χ0n) is 13.7. The van der Waals surface area contributed by atoms with Crippen LogP contribution in [-0.2, 0) is 17.6 Å². The Bertz CT molecular complexity index is 859. The Hall–Kier alpha value is -3.02. The van der Waals surface area contributed by atoms with Crippen molar-refractivity contribution in [3.8, 4) is 0 Å². The number of aryl methyl sites for hydroxylation is 2. The topological polar surface area (TPSA) is 86.5 Å². The van der Waals surface area contributed by atoms with Gasteiger partial charge in [0.1, 0.15) is 0 Å². The van der Waals surface area contributed by atoms with Crippen molar-refractivity contribution in [2.24, 2.45) is 0 Å². The minimum atomic E-state index is -0.966. The molecule has 0 heterocycles. The largest absolute Gasteiger partial charge is 0.451 e. The Kier molecular flexibility index (Phi) is 4.61. The molecule has 0 aromatic heterocycles. The van der Waals surface area contributed by atoms with Crippen molar-refractivity contribution in [2.75, 3.05) is 0 Å². The number of hydrogen-bond donors (Lipinski definition) is 0. The molecule has 1 aliphatic rings. The highest BCUT2D eigenvalue weighted by atomic mass is 16.6. The van der Waals surface area contributed by atoms with E-state index in [2.05, 4.69) is 0 Å². The zero-order valence-corrected chi connectivity index (χ0v) is 13.7. The lowest BCUT2D eigenvalue weighted by Gasteiger charge is -2.13. The molecular weight excluding hydrogens is 322 g/mol. The van der Waals surface area contributed by atoms with Gasteiger partial charge in [0, 0.05) is 17.7 Å². The zero-order chi connectivity index (χ0) is 18.0. The van der Waals surface area contributed by atoms with Crippen LogP contribution in [0.25, 0.3) is 0 Å². The molecule has 1 aliphatic carbocycles. The van der Waals surface area contributed by atoms with Gasteiger partial charge < -0.3 is 4.74 Å². The summed E-state index contributed by atoms with van der Waals surface area (Å²) in [7, 11) is 0. The molecule has 1 atom stereocenters. The number of benzene rings is 2. The second-order valence-corrected chi connectivity index (χ2v) is 6.06. The van der Waals surface area contributed by atoms with Crippen molar-refractivity contribution in [1.29, 1.82) is 0 Å². The predicted octanol–water partition coefficient (Wildman–Crippen LogP) is 3.51. The van der Waals surface area contributed by atoms with Crippen molar-refractivity contribution in [2.45, 2.75) is 32.3 Å². The van der Waals surface area contributed by atoms with Gasteiger partial charge in [-0.3, -0.25) is 14.9 Å². The van der Waals surface area contributed by atoms with Gasteiger partial charge in [0.05, 0.1) is 10.5 Å². The quantitative estimate of drug-likeness (QED) is 0.360. The lowest BCUT2D eigenvalue weighted by atomic mass is 10.0. The van der Waals surface area contributed by atoms with E-state index in [4.69, 9.17) is 4.74 Å². The third-order valence-electron chi connectivity index (χ3n) is 4.33. The second kappa shape index (κ2) is 6.84. The third kappa shape index (κ3) is 3.57. The third-order valence-corrected chi connectivity index (χ3v) is 4.33. The molecule has 0 saturated heterocycles. The van der Waals surface area contributed by atoms with Gasteiger partial charge in [0.2, 0.25) is 5.78 Å². The molecule has 0 aliphatic heterocycles. The van der Waals surface area contributed by atoms with Gasteiger partial charge in [0.15, 0.2) is 6.10 Å². The molecule has 0 saturated carbocycles. The molecule has 0 bridgehead atoms. The minimum absolute atomic E-state index is 0.0443. The van der Waals surface area contributed by atoms with Gasteiger partial charge in [-0.2, -0.15) is 0 Å². The Morgan fingerprint density at radius 2 is 1.84 bits per heavy atom. The first kappa shape index (κ1) is 16.8. The lowest BCUT2D eigenvalue weighted by molar-refractivity contribution is -0.384. The molecule has 0 N–H and O–H groups in total. The number of ketones is 1. The van der Waals surface area contributed by atoms with Crippen molar-refractivity contribution < 1.29 is 19.2 Å². The van der Waals surface area contributed by atoms with Crippen molar-refractivity contribution in [3.63, 3.8) is 0 Å². The summed E-state index contributed by atoms with van der Waals surface area (Å²) in [6.45, 7) is 1.50. The average molecular weight is 339 g/mol. The van der Waals surface area contributed by atoms with Crippen molar-refractivity contribution >= 4 is 17.4 Å². The van der Waals surface area contributed by atoms with E-state index in [0.717, 1.165) is 25.3 Å². The standard InChI is InChI=1S/C19H17NO5/c1-12(18(21)15-9-8-13-4-2-5-14(13)10-15)25-19(22)16-6-3-7-17(11-16)20(23)24/h3,6-12H,2,4-5H2,1H3/t12-/m0/s1. The first-order valence-corrected chi connectivity index (χ1v) is 8.07. The van der Waals surface area contributed by atoms with Gasteiger partial charge in [-0.25, -0.2) is 4.79 Å². The molecule has 0 radical (unpaired) electrons. The summed E-state index contributed by atoms with van der Waals surface area (Å²) in [5, 5.41) is 10.8. The van der Waals surface area contributed by atoms with E-state index in [-0.39, 0.29) is 17.0 Å². The summed E-state index contributed by atoms with van der Waals surface area (Å²) in [6, 6.07) is 10.8. The highest BCUT2D eigenvalue weighted by molar-refractivity contribution is 6.01. The van der Waals surface area contributed by atoms with Gasteiger partial charge in [-0.05, 0) is 49.4 Å². The summed E-state index contributed by atoms with van der Waals surface area (Å²) in [6.07, 6.45) is 2.11. The Morgan fingerprint density at radius 1 is 1.08 bits per heavy atom. The number of carbonyl (C=O) groups excluding carboxylic acids is 2. The summed E-state index contributed by atoms with van der Waals surface area (Å²) in [5.74, 6) is -1.04. The van der Waals surface area contributed by atoms with Crippen LogP contribution < -0.4 is 0 Å². The molecule has 3 rings (SSSR count). The molecule has 0 unspecified atom stereocenters. The van der Waals surface area contributed by atoms with Crippen molar-refractivity contribution in [3.05, 3.63) is 74.8 Å². The van der Waals surface area contributed by atoms with Crippen LogP contribution in [0.1, 0.15) is 45.2 Å². The van der Waals surface area contributed by atoms with Crippen molar-refractivity contribution in [1.82, 2.24) is 0 Å². The van der Waals surface area contributed by atoms with Crippen LogP contribution in [0.4, 0.5) is 5.69 Å². The number of carbonyl (C=O) groups is 2. The van der Waals surface area contributed by atoms with Crippen LogP contribution in [0.5, 0.6) is 0 Å². The van der Waals surface area contributed by atoms with Gasteiger partial charge in [0.25, 0.3) is 5.69 Å². The molecule has 6 heteroatoms. The van der Waals surface area contributed by atoms with E-state index in [9.17, 15) is 19.7 Å². The highest BCUT2D eigenvalue weighted by Crippen LogP contribution is 2.24. The van der Waals surface area contributed by atoms with E-state index < -0.39 is 17.0 Å². The number of ether oxygens (including phenoxy) is 1. The number of Topliss-reactive ketones (excluding diaryl/α,β-unsaturated/α-hetero) is 1. The molecule has 6 nitrogen and oxygen atoms in total. The van der Waals surface area contributed by atoms with Crippen LogP contribution in [0.3, 0.4) is 0 Å². The molecule has 0 spiro atoms. The first-order valence-electron chi connectivity index (χ1n) is 8.07. The van der Waals surface area contributed by atoms with E-state index in [1.807, 2.05) is 12.1 Å². The van der Waals surface area contributed by atoms with E-state index in [1.54, 1.807) is 6.07 Å².